The summed E-state index contributed by atoms with van der Waals surface area (Å²) < 4.78 is 18.7. The molecule has 1 aromatic carbocycles. The Hall–Kier alpha value is -1.83. The predicted octanol–water partition coefficient (Wildman–Crippen LogP) is 1.89. The molecular weight excluding hydrogens is 372 g/mol. The van der Waals surface area contributed by atoms with Crippen LogP contribution in [0.1, 0.15) is 25.5 Å². The van der Waals surface area contributed by atoms with Crippen molar-refractivity contribution >= 4 is 35.2 Å². The highest BCUT2D eigenvalue weighted by Crippen LogP contribution is 2.27. The minimum absolute atomic E-state index is 0.0427. The van der Waals surface area contributed by atoms with Crippen LogP contribution in [0.25, 0.3) is 0 Å². The van der Waals surface area contributed by atoms with E-state index in [2.05, 4.69) is 10.6 Å². The fourth-order valence-electron chi connectivity index (χ4n) is 2.43. The van der Waals surface area contributed by atoms with E-state index in [0.29, 0.717) is 28.4 Å². The molecule has 1 aliphatic rings. The highest BCUT2D eigenvalue weighted by Gasteiger charge is 2.25. The maximum atomic E-state index is 13.7. The summed E-state index contributed by atoms with van der Waals surface area (Å²) in [5, 5.41) is 7.29. The van der Waals surface area contributed by atoms with E-state index >= 15 is 0 Å². The molecule has 1 atom stereocenters. The van der Waals surface area contributed by atoms with Crippen LogP contribution in [0.15, 0.2) is 23.4 Å². The molecule has 0 aliphatic carbocycles. The predicted molar refractivity (Wildman–Crippen MR) is 91.8 cm³/mol. The second kappa shape index (κ2) is 8.51. The van der Waals surface area contributed by atoms with E-state index in [1.807, 2.05) is 12.2 Å². The third-order valence-electron chi connectivity index (χ3n) is 3.78. The molecule has 1 aromatic rings. The number of nitrogens with two attached hydrogens (primary N) is 1. The fraction of sp³-hybridized carbons (Fsp3) is 0.375. The van der Waals surface area contributed by atoms with Gasteiger partial charge < -0.3 is 20.7 Å². The number of hydrogen-bond acceptors (Lipinski definition) is 3. The number of urea groups is 1. The van der Waals surface area contributed by atoms with E-state index in [1.54, 1.807) is 6.92 Å². The first-order valence-electron chi connectivity index (χ1n) is 7.75. The maximum absolute atomic E-state index is 13.7. The standard InChI is InChI=1S/C16H18Cl2FN3O3/c1-3-25-15(23)10-6-21-16(24)22-14(10)7-20-8(2)9-4-13(19)12(18)5-11(9)17/h4-5,8,20H,3,6-7H2,1-2H3,(H2,21,22,24)/p+1/t8-/m0/s1. The molecule has 0 fully saturated rings. The third-order valence-corrected chi connectivity index (χ3v) is 4.40. The van der Waals surface area contributed by atoms with Crippen molar-refractivity contribution in [2.75, 3.05) is 19.7 Å². The van der Waals surface area contributed by atoms with Crippen LogP contribution in [0.3, 0.4) is 0 Å². The zero-order valence-corrected chi connectivity index (χ0v) is 15.3. The maximum Gasteiger partial charge on any atom is 0.337 e. The monoisotopic (exact) mass is 390 g/mol. The number of nitrogens with one attached hydrogen (secondary N) is 2. The summed E-state index contributed by atoms with van der Waals surface area (Å²) in [6.07, 6.45) is 0. The highest BCUT2D eigenvalue weighted by atomic mass is 35.5. The zero-order chi connectivity index (χ0) is 18.6. The lowest BCUT2D eigenvalue weighted by Crippen LogP contribution is -2.86. The molecule has 0 spiro atoms. The van der Waals surface area contributed by atoms with Crippen molar-refractivity contribution in [2.24, 2.45) is 0 Å². The quantitative estimate of drug-likeness (QED) is 0.512. The summed E-state index contributed by atoms with van der Waals surface area (Å²) in [6.45, 7) is 4.17. The summed E-state index contributed by atoms with van der Waals surface area (Å²) >= 11 is 11.8. The number of carbonyl (C=O) groups is 2. The van der Waals surface area contributed by atoms with Crippen LogP contribution in [-0.2, 0) is 9.53 Å². The van der Waals surface area contributed by atoms with Crippen molar-refractivity contribution in [1.29, 1.82) is 0 Å². The van der Waals surface area contributed by atoms with Crippen LogP contribution in [0.4, 0.5) is 9.18 Å². The number of quaternary nitrogens is 1. The lowest BCUT2D eigenvalue weighted by atomic mass is 10.1. The van der Waals surface area contributed by atoms with Gasteiger partial charge in [0.25, 0.3) is 0 Å². The van der Waals surface area contributed by atoms with Crippen LogP contribution < -0.4 is 16.0 Å². The van der Waals surface area contributed by atoms with Gasteiger partial charge in [-0.2, -0.15) is 0 Å². The first-order valence-corrected chi connectivity index (χ1v) is 8.50. The van der Waals surface area contributed by atoms with Gasteiger partial charge >= 0.3 is 12.0 Å². The Kier molecular flexibility index (Phi) is 6.64. The van der Waals surface area contributed by atoms with Crippen molar-refractivity contribution in [2.45, 2.75) is 19.9 Å². The number of ether oxygens (including phenoxy) is 1. The first-order chi connectivity index (χ1) is 11.8. The van der Waals surface area contributed by atoms with Gasteiger partial charge in [0.05, 0.1) is 34.5 Å². The lowest BCUT2D eigenvalue weighted by molar-refractivity contribution is -0.686. The van der Waals surface area contributed by atoms with Gasteiger partial charge in [0.1, 0.15) is 18.4 Å². The second-order valence-electron chi connectivity index (χ2n) is 5.50. The van der Waals surface area contributed by atoms with E-state index in [4.69, 9.17) is 27.9 Å². The van der Waals surface area contributed by atoms with E-state index in [-0.39, 0.29) is 30.2 Å². The van der Waals surface area contributed by atoms with E-state index in [1.165, 1.54) is 12.1 Å². The SMILES string of the molecule is CCOC(=O)C1=C(C[NH2+][C@@H](C)c2cc(F)c(Cl)cc2Cl)NC(=O)NC1. The molecule has 6 nitrogen and oxygen atoms in total. The van der Waals surface area contributed by atoms with E-state index < -0.39 is 11.8 Å². The van der Waals surface area contributed by atoms with Crippen LogP contribution in [0.2, 0.25) is 10.0 Å². The smallest absolute Gasteiger partial charge is 0.337 e. The topological polar surface area (TPSA) is 84.0 Å². The molecule has 0 radical (unpaired) electrons. The molecule has 1 aliphatic heterocycles. The number of amides is 2. The van der Waals surface area contributed by atoms with Gasteiger partial charge in [0, 0.05) is 5.56 Å². The van der Waals surface area contributed by atoms with Crippen molar-refractivity contribution < 1.29 is 24.0 Å². The number of carbonyl (C=O) groups excluding carboxylic acids is 2. The van der Waals surface area contributed by atoms with Gasteiger partial charge in [0.15, 0.2) is 0 Å². The Labute approximate surface area is 154 Å². The number of esters is 1. The first kappa shape index (κ1) is 19.5. The van der Waals surface area contributed by atoms with E-state index in [9.17, 15) is 14.0 Å². The van der Waals surface area contributed by atoms with Crippen LogP contribution >= 0.6 is 23.2 Å². The molecule has 0 saturated heterocycles. The van der Waals surface area contributed by atoms with Crippen molar-refractivity contribution in [3.8, 4) is 0 Å². The molecule has 2 rings (SSSR count). The molecule has 1 heterocycles. The Balaban J connectivity index is 2.15. The van der Waals surface area contributed by atoms with Gasteiger partial charge in [-0.1, -0.05) is 23.2 Å². The number of rotatable bonds is 6. The van der Waals surface area contributed by atoms with E-state index in [0.717, 1.165) is 0 Å². The highest BCUT2D eigenvalue weighted by molar-refractivity contribution is 6.35. The molecule has 0 saturated carbocycles. The third kappa shape index (κ3) is 4.84. The van der Waals surface area contributed by atoms with Gasteiger partial charge in [0.2, 0.25) is 0 Å². The summed E-state index contributed by atoms with van der Waals surface area (Å²) in [4.78, 5) is 23.5. The van der Waals surface area contributed by atoms with Crippen molar-refractivity contribution in [3.63, 3.8) is 0 Å². The van der Waals surface area contributed by atoms with Crippen molar-refractivity contribution in [1.82, 2.24) is 10.6 Å². The number of hydrogen-bond donors (Lipinski definition) is 3. The van der Waals surface area contributed by atoms with Crippen molar-refractivity contribution in [3.05, 3.63) is 44.8 Å². The Morgan fingerprint density at radius 2 is 2.12 bits per heavy atom. The lowest BCUT2D eigenvalue weighted by Gasteiger charge is -2.21. The minimum Gasteiger partial charge on any atom is -0.463 e. The molecular formula is C16H19Cl2FN3O3+. The Bertz CT molecular complexity index is 725. The minimum atomic E-state index is -0.553. The molecule has 4 N–H and O–H groups in total. The number of benzene rings is 1. The number of halogens is 3. The van der Waals surface area contributed by atoms with Crippen LogP contribution in [-0.4, -0.2) is 31.7 Å². The molecule has 25 heavy (non-hydrogen) atoms. The molecule has 9 heteroatoms. The zero-order valence-electron chi connectivity index (χ0n) is 13.8. The summed E-state index contributed by atoms with van der Waals surface area (Å²) in [6, 6.07) is 2.03. The van der Waals surface area contributed by atoms with Gasteiger partial charge in [-0.15, -0.1) is 0 Å². The second-order valence-corrected chi connectivity index (χ2v) is 6.32. The van der Waals surface area contributed by atoms with Crippen LogP contribution in [0.5, 0.6) is 0 Å². The van der Waals surface area contributed by atoms with Gasteiger partial charge in [-0.3, -0.25) is 0 Å². The summed E-state index contributed by atoms with van der Waals surface area (Å²) in [5.41, 5.74) is 1.39. The molecule has 0 aromatic heterocycles. The normalized spacial score (nSPS) is 15.5. The summed E-state index contributed by atoms with van der Waals surface area (Å²) in [7, 11) is 0. The van der Waals surface area contributed by atoms with Gasteiger partial charge in [-0.05, 0) is 26.0 Å². The fourth-order valence-corrected chi connectivity index (χ4v) is 2.98. The molecule has 136 valence electrons. The summed E-state index contributed by atoms with van der Waals surface area (Å²) in [5.74, 6) is -1.04. The molecule has 2 amide bonds. The average molecular weight is 391 g/mol. The molecule has 0 unspecified atom stereocenters. The molecule has 0 bridgehead atoms. The van der Waals surface area contributed by atoms with Crippen LogP contribution in [0, 0.1) is 5.82 Å². The largest absolute Gasteiger partial charge is 0.463 e. The Morgan fingerprint density at radius 3 is 2.80 bits per heavy atom. The van der Waals surface area contributed by atoms with Gasteiger partial charge in [-0.25, -0.2) is 14.0 Å². The average Bonchev–Trinajstić information content (AvgIpc) is 2.56. The Morgan fingerprint density at radius 1 is 1.40 bits per heavy atom.